The SMILES string of the molecule is Cc1ccccc1C(C)CC(=O)NC1CCNC(C)C1.Cl. The molecule has 1 aromatic rings. The molecule has 0 spiro atoms. The fraction of sp³-hybridized carbons (Fsp3) is 0.588. The molecule has 3 atom stereocenters. The molecule has 0 radical (unpaired) electrons. The van der Waals surface area contributed by atoms with Crippen LogP contribution in [0, 0.1) is 6.92 Å². The van der Waals surface area contributed by atoms with Gasteiger partial charge in [0.2, 0.25) is 5.91 Å². The highest BCUT2D eigenvalue weighted by molar-refractivity contribution is 5.85. The van der Waals surface area contributed by atoms with Gasteiger partial charge in [0.1, 0.15) is 0 Å². The van der Waals surface area contributed by atoms with Crippen LogP contribution in [-0.4, -0.2) is 24.5 Å². The standard InChI is InChI=1S/C17H26N2O.ClH/c1-12-6-4-5-7-16(12)13(2)10-17(20)19-15-8-9-18-14(3)11-15;/h4-7,13-15,18H,8-11H2,1-3H3,(H,19,20);1H. The van der Waals surface area contributed by atoms with E-state index >= 15 is 0 Å². The second-order valence-electron chi connectivity index (χ2n) is 6.11. The van der Waals surface area contributed by atoms with Crippen molar-refractivity contribution in [2.24, 2.45) is 0 Å². The first-order chi connectivity index (χ1) is 9.56. The van der Waals surface area contributed by atoms with Gasteiger partial charge in [0.05, 0.1) is 0 Å². The van der Waals surface area contributed by atoms with Crippen LogP contribution in [0.3, 0.4) is 0 Å². The van der Waals surface area contributed by atoms with E-state index in [2.05, 4.69) is 43.5 Å². The Morgan fingerprint density at radius 3 is 2.81 bits per heavy atom. The van der Waals surface area contributed by atoms with Crippen LogP contribution in [0.1, 0.15) is 50.2 Å². The molecule has 2 N–H and O–H groups in total. The normalized spacial score (nSPS) is 23.0. The molecule has 3 unspecified atom stereocenters. The maximum Gasteiger partial charge on any atom is 0.220 e. The fourth-order valence-electron chi connectivity index (χ4n) is 3.08. The molecule has 118 valence electrons. The molecule has 4 heteroatoms. The molecule has 1 amide bonds. The summed E-state index contributed by atoms with van der Waals surface area (Å²) in [5.74, 6) is 0.454. The molecule has 1 aromatic carbocycles. The van der Waals surface area contributed by atoms with Gasteiger partial charge in [0.25, 0.3) is 0 Å². The Morgan fingerprint density at radius 2 is 2.14 bits per heavy atom. The van der Waals surface area contributed by atoms with Gasteiger partial charge in [-0.1, -0.05) is 31.2 Å². The van der Waals surface area contributed by atoms with E-state index in [1.54, 1.807) is 0 Å². The highest BCUT2D eigenvalue weighted by atomic mass is 35.5. The fourth-order valence-corrected chi connectivity index (χ4v) is 3.08. The molecule has 0 saturated carbocycles. The van der Waals surface area contributed by atoms with Gasteiger partial charge < -0.3 is 10.6 Å². The molecule has 0 aromatic heterocycles. The van der Waals surface area contributed by atoms with E-state index in [4.69, 9.17) is 0 Å². The molecule has 1 aliphatic heterocycles. The maximum absolute atomic E-state index is 12.2. The zero-order valence-electron chi connectivity index (χ0n) is 13.2. The molecule has 0 bridgehead atoms. The smallest absolute Gasteiger partial charge is 0.220 e. The lowest BCUT2D eigenvalue weighted by Gasteiger charge is -2.29. The molecule has 1 heterocycles. The number of carbonyl (C=O) groups is 1. The van der Waals surface area contributed by atoms with E-state index in [1.165, 1.54) is 11.1 Å². The number of amides is 1. The molecule has 1 fully saturated rings. The van der Waals surface area contributed by atoms with E-state index in [0.29, 0.717) is 18.5 Å². The van der Waals surface area contributed by atoms with Gasteiger partial charge in [-0.15, -0.1) is 12.4 Å². The van der Waals surface area contributed by atoms with Crippen LogP contribution in [0.15, 0.2) is 24.3 Å². The van der Waals surface area contributed by atoms with Crippen molar-refractivity contribution in [3.63, 3.8) is 0 Å². The number of hydrogen-bond acceptors (Lipinski definition) is 2. The summed E-state index contributed by atoms with van der Waals surface area (Å²) in [6.07, 6.45) is 2.64. The van der Waals surface area contributed by atoms with Gasteiger partial charge in [-0.3, -0.25) is 4.79 Å². The van der Waals surface area contributed by atoms with E-state index < -0.39 is 0 Å². The molecule has 0 aliphatic carbocycles. The second kappa shape index (κ2) is 8.40. The van der Waals surface area contributed by atoms with Gasteiger partial charge in [-0.25, -0.2) is 0 Å². The average Bonchev–Trinajstić information content (AvgIpc) is 2.38. The first kappa shape index (κ1) is 18.0. The van der Waals surface area contributed by atoms with Crippen molar-refractivity contribution in [3.05, 3.63) is 35.4 Å². The lowest BCUT2D eigenvalue weighted by molar-refractivity contribution is -0.122. The molecule has 1 aliphatic rings. The minimum atomic E-state index is 0. The molecule has 3 nitrogen and oxygen atoms in total. The summed E-state index contributed by atoms with van der Waals surface area (Å²) in [7, 11) is 0. The average molecular weight is 311 g/mol. The summed E-state index contributed by atoms with van der Waals surface area (Å²) >= 11 is 0. The van der Waals surface area contributed by atoms with E-state index in [0.717, 1.165) is 19.4 Å². The summed E-state index contributed by atoms with van der Waals surface area (Å²) in [6.45, 7) is 7.42. The number of nitrogens with one attached hydrogen (secondary N) is 2. The van der Waals surface area contributed by atoms with Crippen molar-refractivity contribution in [3.8, 4) is 0 Å². The summed E-state index contributed by atoms with van der Waals surface area (Å²) in [4.78, 5) is 12.2. The summed E-state index contributed by atoms with van der Waals surface area (Å²) in [6, 6.07) is 9.16. The van der Waals surface area contributed by atoms with Crippen molar-refractivity contribution in [1.29, 1.82) is 0 Å². The number of piperidine rings is 1. The van der Waals surface area contributed by atoms with E-state index in [-0.39, 0.29) is 24.2 Å². The third-order valence-corrected chi connectivity index (χ3v) is 4.20. The zero-order valence-corrected chi connectivity index (χ0v) is 14.0. The lowest BCUT2D eigenvalue weighted by atomic mass is 9.93. The molecule has 1 saturated heterocycles. The van der Waals surface area contributed by atoms with Crippen LogP contribution in [0.25, 0.3) is 0 Å². The first-order valence-corrected chi connectivity index (χ1v) is 7.64. The van der Waals surface area contributed by atoms with Gasteiger partial charge in [-0.2, -0.15) is 0 Å². The van der Waals surface area contributed by atoms with Crippen molar-refractivity contribution >= 4 is 18.3 Å². The van der Waals surface area contributed by atoms with Gasteiger partial charge >= 0.3 is 0 Å². The van der Waals surface area contributed by atoms with Crippen molar-refractivity contribution < 1.29 is 4.79 Å². The number of halogens is 1. The summed E-state index contributed by atoms with van der Waals surface area (Å²) < 4.78 is 0. The minimum absolute atomic E-state index is 0. The predicted molar refractivity (Wildman–Crippen MR) is 90.1 cm³/mol. The van der Waals surface area contributed by atoms with Crippen molar-refractivity contribution in [1.82, 2.24) is 10.6 Å². The topological polar surface area (TPSA) is 41.1 Å². The molecular weight excluding hydrogens is 284 g/mol. The highest BCUT2D eigenvalue weighted by Gasteiger charge is 2.21. The number of aryl methyl sites for hydroxylation is 1. The third-order valence-electron chi connectivity index (χ3n) is 4.20. The largest absolute Gasteiger partial charge is 0.353 e. The Hall–Kier alpha value is -1.06. The molecule has 21 heavy (non-hydrogen) atoms. The Kier molecular flexibility index (Phi) is 7.20. The van der Waals surface area contributed by atoms with E-state index in [1.807, 2.05) is 12.1 Å². The van der Waals surface area contributed by atoms with Gasteiger partial charge in [0, 0.05) is 18.5 Å². The van der Waals surface area contributed by atoms with Crippen LogP contribution in [-0.2, 0) is 4.79 Å². The quantitative estimate of drug-likeness (QED) is 0.897. The second-order valence-corrected chi connectivity index (χ2v) is 6.11. The van der Waals surface area contributed by atoms with Crippen LogP contribution in [0.5, 0.6) is 0 Å². The third kappa shape index (κ3) is 5.33. The maximum atomic E-state index is 12.2. The van der Waals surface area contributed by atoms with Crippen LogP contribution in [0.2, 0.25) is 0 Å². The van der Waals surface area contributed by atoms with Crippen molar-refractivity contribution in [2.75, 3.05) is 6.54 Å². The van der Waals surface area contributed by atoms with Gasteiger partial charge in [-0.05, 0) is 50.3 Å². The van der Waals surface area contributed by atoms with Crippen LogP contribution in [0.4, 0.5) is 0 Å². The Labute approximate surface area is 134 Å². The van der Waals surface area contributed by atoms with Crippen LogP contribution >= 0.6 is 12.4 Å². The Bertz CT molecular complexity index is 464. The van der Waals surface area contributed by atoms with Gasteiger partial charge in [0.15, 0.2) is 0 Å². The van der Waals surface area contributed by atoms with E-state index in [9.17, 15) is 4.79 Å². The summed E-state index contributed by atoms with van der Waals surface area (Å²) in [5.41, 5.74) is 2.55. The highest BCUT2D eigenvalue weighted by Crippen LogP contribution is 2.22. The summed E-state index contributed by atoms with van der Waals surface area (Å²) in [5, 5.41) is 6.60. The monoisotopic (exact) mass is 310 g/mol. The number of benzene rings is 1. The first-order valence-electron chi connectivity index (χ1n) is 7.64. The number of carbonyl (C=O) groups excluding carboxylic acids is 1. The minimum Gasteiger partial charge on any atom is -0.353 e. The number of rotatable bonds is 4. The molecular formula is C17H27ClN2O. The predicted octanol–water partition coefficient (Wildman–Crippen LogP) is 3.17. The zero-order chi connectivity index (χ0) is 14.5. The van der Waals surface area contributed by atoms with Crippen molar-refractivity contribution in [2.45, 2.75) is 58.0 Å². The van der Waals surface area contributed by atoms with Crippen LogP contribution < -0.4 is 10.6 Å². The number of hydrogen-bond donors (Lipinski definition) is 2. The Morgan fingerprint density at radius 1 is 1.43 bits per heavy atom. The lowest BCUT2D eigenvalue weighted by Crippen LogP contribution is -2.46. The molecule has 2 rings (SSSR count). The Balaban J connectivity index is 0.00000220.